The number of nitrogens with zero attached hydrogens (tertiary/aromatic N) is 1. The average molecular weight is 500 g/mol. The van der Waals surface area contributed by atoms with E-state index in [9.17, 15) is 21.6 Å². The molecular formula is C21H29N3O5S3. The number of hydrogen-bond donors (Lipinski definition) is 2. The van der Waals surface area contributed by atoms with Crippen molar-refractivity contribution in [3.8, 4) is 0 Å². The van der Waals surface area contributed by atoms with Crippen LogP contribution in [-0.2, 0) is 31.4 Å². The van der Waals surface area contributed by atoms with Crippen LogP contribution in [0.1, 0.15) is 39.2 Å². The molecule has 11 heteroatoms. The van der Waals surface area contributed by atoms with Gasteiger partial charge in [0.25, 0.3) is 10.0 Å². The molecule has 1 aliphatic heterocycles. The van der Waals surface area contributed by atoms with Crippen molar-refractivity contribution in [2.24, 2.45) is 5.92 Å². The molecule has 2 heterocycles. The van der Waals surface area contributed by atoms with Crippen LogP contribution in [0.5, 0.6) is 0 Å². The molecule has 1 atom stereocenters. The summed E-state index contributed by atoms with van der Waals surface area (Å²) in [6, 6.07) is 9.76. The van der Waals surface area contributed by atoms with E-state index >= 15 is 0 Å². The molecule has 2 N–H and O–H groups in total. The van der Waals surface area contributed by atoms with Gasteiger partial charge >= 0.3 is 0 Å². The molecule has 32 heavy (non-hydrogen) atoms. The number of benzene rings is 1. The summed E-state index contributed by atoms with van der Waals surface area (Å²) in [7, 11) is -7.37. The minimum atomic E-state index is -3.76. The van der Waals surface area contributed by atoms with Crippen LogP contribution in [0.2, 0.25) is 0 Å². The van der Waals surface area contributed by atoms with Crippen LogP contribution in [0, 0.1) is 5.92 Å². The van der Waals surface area contributed by atoms with Crippen molar-refractivity contribution in [2.45, 2.75) is 54.8 Å². The number of rotatable bonds is 7. The summed E-state index contributed by atoms with van der Waals surface area (Å²) in [4.78, 5) is 12.9. The molecule has 1 aliphatic rings. The summed E-state index contributed by atoms with van der Waals surface area (Å²) in [5.74, 6) is -0.776. The second-order valence-electron chi connectivity index (χ2n) is 8.82. The zero-order valence-electron chi connectivity index (χ0n) is 18.4. The molecule has 0 bridgehead atoms. The smallest absolute Gasteiger partial charge is 0.252 e. The molecule has 176 valence electrons. The third kappa shape index (κ3) is 5.96. The van der Waals surface area contributed by atoms with Crippen LogP contribution < -0.4 is 10.0 Å². The second-order valence-corrected chi connectivity index (χ2v) is 13.6. The number of nitrogens with one attached hydrogen (secondary N) is 2. The Hall–Kier alpha value is -1.79. The van der Waals surface area contributed by atoms with Crippen LogP contribution in [0.25, 0.3) is 0 Å². The monoisotopic (exact) mass is 499 g/mol. The summed E-state index contributed by atoms with van der Waals surface area (Å²) in [6.07, 6.45) is 1.16. The van der Waals surface area contributed by atoms with E-state index in [0.29, 0.717) is 24.9 Å². The minimum absolute atomic E-state index is 0.0359. The summed E-state index contributed by atoms with van der Waals surface area (Å²) in [6.45, 7) is 5.80. The lowest BCUT2D eigenvalue weighted by Crippen LogP contribution is -2.45. The van der Waals surface area contributed by atoms with E-state index in [1.165, 1.54) is 10.4 Å². The third-order valence-corrected chi connectivity index (χ3v) is 10.1. The van der Waals surface area contributed by atoms with Crippen LogP contribution in [0.4, 0.5) is 0 Å². The normalized spacial score (nSPS) is 18.4. The van der Waals surface area contributed by atoms with Gasteiger partial charge in [-0.25, -0.2) is 21.6 Å². The number of carbonyl (C=O) groups is 1. The highest BCUT2D eigenvalue weighted by molar-refractivity contribution is 7.91. The standard InChI is InChI=1S/C21H29N3O5S3/c1-21(2,3)23-31(26,27)18-10-5-4-8-16(18)14-22-20(25)17-9-6-12-24(15-17)32(28,29)19-11-7-13-30-19/h4-5,7-8,10-11,13,17,23H,6,9,12,14-15H2,1-3H3,(H,22,25). The molecule has 2 aromatic rings. The predicted octanol–water partition coefficient (Wildman–Crippen LogP) is 2.54. The first-order valence-electron chi connectivity index (χ1n) is 10.3. The molecule has 0 radical (unpaired) electrons. The summed E-state index contributed by atoms with van der Waals surface area (Å²) in [5, 5.41) is 4.51. The predicted molar refractivity (Wildman–Crippen MR) is 124 cm³/mol. The third-order valence-electron chi connectivity index (χ3n) is 5.00. The van der Waals surface area contributed by atoms with E-state index in [-0.39, 0.29) is 28.1 Å². The minimum Gasteiger partial charge on any atom is -0.352 e. The quantitative estimate of drug-likeness (QED) is 0.608. The van der Waals surface area contributed by atoms with Crippen molar-refractivity contribution in [2.75, 3.05) is 13.1 Å². The molecule has 0 spiro atoms. The molecule has 1 fully saturated rings. The van der Waals surface area contributed by atoms with Crippen molar-refractivity contribution in [3.05, 3.63) is 47.3 Å². The van der Waals surface area contributed by atoms with Gasteiger partial charge in [-0.3, -0.25) is 4.79 Å². The topological polar surface area (TPSA) is 113 Å². The Labute approximate surface area is 194 Å². The van der Waals surface area contributed by atoms with Gasteiger partial charge in [0.1, 0.15) is 4.21 Å². The lowest BCUT2D eigenvalue weighted by atomic mass is 9.99. The highest BCUT2D eigenvalue weighted by Gasteiger charge is 2.34. The number of sulfonamides is 2. The van der Waals surface area contributed by atoms with E-state index in [0.717, 1.165) is 11.3 Å². The van der Waals surface area contributed by atoms with Crippen molar-refractivity contribution in [1.82, 2.24) is 14.3 Å². The Balaban J connectivity index is 1.69. The Morgan fingerprint density at radius 3 is 2.50 bits per heavy atom. The van der Waals surface area contributed by atoms with E-state index in [1.54, 1.807) is 56.5 Å². The summed E-state index contributed by atoms with van der Waals surface area (Å²) < 4.78 is 55.4. The van der Waals surface area contributed by atoms with Gasteiger partial charge in [0.15, 0.2) is 0 Å². The van der Waals surface area contributed by atoms with Crippen LogP contribution in [-0.4, -0.2) is 45.7 Å². The van der Waals surface area contributed by atoms with E-state index in [2.05, 4.69) is 10.0 Å². The lowest BCUT2D eigenvalue weighted by molar-refractivity contribution is -0.126. The lowest BCUT2D eigenvalue weighted by Gasteiger charge is -2.30. The van der Waals surface area contributed by atoms with Crippen LogP contribution >= 0.6 is 11.3 Å². The van der Waals surface area contributed by atoms with Crippen LogP contribution in [0.3, 0.4) is 0 Å². The van der Waals surface area contributed by atoms with E-state index < -0.39 is 31.5 Å². The highest BCUT2D eigenvalue weighted by Crippen LogP contribution is 2.26. The number of amides is 1. The number of piperidine rings is 1. The Bertz CT molecular complexity index is 1150. The van der Waals surface area contributed by atoms with Gasteiger partial charge in [-0.2, -0.15) is 4.31 Å². The maximum atomic E-state index is 12.8. The number of carbonyl (C=O) groups excluding carboxylic acids is 1. The fraction of sp³-hybridized carbons (Fsp3) is 0.476. The number of thiophene rings is 1. The van der Waals surface area contributed by atoms with Gasteiger partial charge < -0.3 is 5.32 Å². The fourth-order valence-electron chi connectivity index (χ4n) is 3.61. The van der Waals surface area contributed by atoms with Gasteiger partial charge in [0.2, 0.25) is 15.9 Å². The molecule has 1 aromatic heterocycles. The van der Waals surface area contributed by atoms with Crippen LogP contribution in [0.15, 0.2) is 50.9 Å². The molecule has 1 amide bonds. The van der Waals surface area contributed by atoms with E-state index in [1.807, 2.05) is 0 Å². The fourth-order valence-corrected chi connectivity index (χ4v) is 7.94. The van der Waals surface area contributed by atoms with Crippen molar-refractivity contribution in [1.29, 1.82) is 0 Å². The Morgan fingerprint density at radius 2 is 1.84 bits per heavy atom. The van der Waals surface area contributed by atoms with Crippen molar-refractivity contribution in [3.63, 3.8) is 0 Å². The highest BCUT2D eigenvalue weighted by atomic mass is 32.2. The molecule has 8 nitrogen and oxygen atoms in total. The first-order valence-corrected chi connectivity index (χ1v) is 14.1. The van der Waals surface area contributed by atoms with Gasteiger partial charge in [-0.15, -0.1) is 11.3 Å². The molecule has 0 aliphatic carbocycles. The Kier molecular flexibility index (Phi) is 7.45. The zero-order valence-corrected chi connectivity index (χ0v) is 20.8. The number of hydrogen-bond acceptors (Lipinski definition) is 6. The van der Waals surface area contributed by atoms with Crippen molar-refractivity contribution < 1.29 is 21.6 Å². The molecule has 1 unspecified atom stereocenters. The van der Waals surface area contributed by atoms with Crippen molar-refractivity contribution >= 4 is 37.3 Å². The maximum Gasteiger partial charge on any atom is 0.252 e. The Morgan fingerprint density at radius 1 is 1.12 bits per heavy atom. The molecular weight excluding hydrogens is 470 g/mol. The van der Waals surface area contributed by atoms with E-state index in [4.69, 9.17) is 0 Å². The average Bonchev–Trinajstić information content (AvgIpc) is 3.26. The summed E-state index contributed by atoms with van der Waals surface area (Å²) >= 11 is 1.16. The molecule has 3 rings (SSSR count). The zero-order chi connectivity index (χ0) is 23.6. The van der Waals surface area contributed by atoms with Gasteiger partial charge in [-0.1, -0.05) is 24.3 Å². The largest absolute Gasteiger partial charge is 0.352 e. The SMILES string of the molecule is CC(C)(C)NS(=O)(=O)c1ccccc1CNC(=O)C1CCCN(S(=O)(=O)c2cccs2)C1. The first-order chi connectivity index (χ1) is 14.9. The van der Waals surface area contributed by atoms with Gasteiger partial charge in [0.05, 0.1) is 10.8 Å². The van der Waals surface area contributed by atoms with Gasteiger partial charge in [-0.05, 0) is 56.7 Å². The maximum absolute atomic E-state index is 12.8. The van der Waals surface area contributed by atoms with Gasteiger partial charge in [0, 0.05) is 25.2 Å². The summed E-state index contributed by atoms with van der Waals surface area (Å²) in [5.41, 5.74) is -0.175. The second kappa shape index (κ2) is 9.60. The first kappa shape index (κ1) is 24.8. The molecule has 1 aromatic carbocycles. The molecule has 0 saturated carbocycles. The molecule has 1 saturated heterocycles.